The van der Waals surface area contributed by atoms with E-state index in [9.17, 15) is 9.59 Å². The normalized spacial score (nSPS) is 17.2. The number of carbonyl (C=O) groups is 2. The van der Waals surface area contributed by atoms with Crippen LogP contribution < -0.4 is 27.3 Å². The molecule has 1 unspecified atom stereocenters. The predicted octanol–water partition coefficient (Wildman–Crippen LogP) is -0.834. The molecule has 1 aliphatic carbocycles. The van der Waals surface area contributed by atoms with Gasteiger partial charge in [-0.1, -0.05) is 12.8 Å². The topological polar surface area (TPSA) is 167 Å². The lowest BCUT2D eigenvalue weighted by Gasteiger charge is -2.24. The van der Waals surface area contributed by atoms with Crippen LogP contribution in [0.15, 0.2) is 11.4 Å². The van der Waals surface area contributed by atoms with Crippen molar-refractivity contribution in [2.24, 2.45) is 5.73 Å². The summed E-state index contributed by atoms with van der Waals surface area (Å²) in [5, 5.41) is 7.43. The van der Waals surface area contributed by atoms with Crippen molar-refractivity contribution in [1.82, 2.24) is 26.6 Å². The molecule has 0 aromatic carbocycles. The maximum absolute atomic E-state index is 12.3. The number of nitrogens with zero attached hydrogens (tertiary/aromatic N) is 1. The third-order valence-corrected chi connectivity index (χ3v) is 6.24. The number of rotatable bonds is 23. The lowest BCUT2D eigenvalue weighted by Crippen LogP contribution is -2.41. The van der Waals surface area contributed by atoms with Crippen LogP contribution in [0.5, 0.6) is 0 Å². The summed E-state index contributed by atoms with van der Waals surface area (Å²) in [5.41, 5.74) is 14.0. The number of hydrazine groups is 2. The predicted molar refractivity (Wildman–Crippen MR) is 148 cm³/mol. The number of hydrogen-bond donors (Lipinski definition) is 5. The third-order valence-electron chi connectivity index (χ3n) is 6.24. The van der Waals surface area contributed by atoms with E-state index >= 15 is 0 Å². The molecule has 0 aromatic heterocycles. The lowest BCUT2D eigenvalue weighted by molar-refractivity contribution is -0.127. The smallest absolute Gasteiger partial charge is 0.246 e. The van der Waals surface area contributed by atoms with E-state index in [1.165, 1.54) is 0 Å². The van der Waals surface area contributed by atoms with Gasteiger partial charge in [0.25, 0.3) is 0 Å². The Balaban J connectivity index is 1.59. The summed E-state index contributed by atoms with van der Waals surface area (Å²) in [5.74, 6) is -0.238. The first-order chi connectivity index (χ1) is 19.7. The zero-order valence-corrected chi connectivity index (χ0v) is 24.0. The molecule has 14 nitrogen and oxygen atoms in total. The van der Waals surface area contributed by atoms with Gasteiger partial charge in [-0.05, 0) is 19.3 Å². The Morgan fingerprint density at radius 1 is 0.875 bits per heavy atom. The fraction of sp³-hybridized carbons (Fsp3) is 0.846. The largest absolute Gasteiger partial charge is 0.379 e. The van der Waals surface area contributed by atoms with Gasteiger partial charge < -0.3 is 50.2 Å². The van der Waals surface area contributed by atoms with Gasteiger partial charge in [-0.25, -0.2) is 0 Å². The maximum Gasteiger partial charge on any atom is 0.246 e. The molecule has 1 atom stereocenters. The monoisotopic (exact) mass is 574 g/mol. The Hall–Kier alpha value is -2.04. The van der Waals surface area contributed by atoms with Gasteiger partial charge in [-0.3, -0.25) is 14.6 Å². The van der Waals surface area contributed by atoms with Gasteiger partial charge in [0.15, 0.2) is 0 Å². The molecule has 0 radical (unpaired) electrons. The first-order valence-electron chi connectivity index (χ1n) is 14.4. The molecule has 0 aromatic rings. The van der Waals surface area contributed by atoms with Crippen LogP contribution in [0.2, 0.25) is 0 Å². The number of amides is 2. The van der Waals surface area contributed by atoms with Crippen LogP contribution in [0.1, 0.15) is 38.5 Å². The van der Waals surface area contributed by atoms with E-state index in [-0.39, 0.29) is 24.5 Å². The van der Waals surface area contributed by atoms with Crippen LogP contribution in [0.4, 0.5) is 0 Å². The Kier molecular flexibility index (Phi) is 19.3. The molecule has 0 spiro atoms. The van der Waals surface area contributed by atoms with Gasteiger partial charge in [0.1, 0.15) is 12.7 Å². The minimum Gasteiger partial charge on any atom is -0.379 e. The molecule has 232 valence electrons. The molecule has 2 amide bonds. The van der Waals surface area contributed by atoms with Gasteiger partial charge in [0.05, 0.1) is 84.0 Å². The van der Waals surface area contributed by atoms with E-state index in [2.05, 4.69) is 26.6 Å². The minimum absolute atomic E-state index is 0.0217. The van der Waals surface area contributed by atoms with Crippen molar-refractivity contribution >= 4 is 11.8 Å². The van der Waals surface area contributed by atoms with Crippen molar-refractivity contribution in [3.8, 4) is 0 Å². The Bertz CT molecular complexity index is 729. The standard InChI is InChI=1S/C26H50N6O8/c1-28-24(33)7-11-35-15-17-37-13-9-29-25(34)21-40-23-6-4-2-3-5-22-26(23)30-31-32(22)10-14-38-18-20-39-19-16-36-12-8-27/h23,30-31H,2-21,27H2,1H3,(H,28,33)(H,29,34). The van der Waals surface area contributed by atoms with Crippen LogP contribution in [0.25, 0.3) is 0 Å². The second kappa shape index (κ2) is 22.6. The second-order valence-electron chi connectivity index (χ2n) is 9.27. The summed E-state index contributed by atoms with van der Waals surface area (Å²) in [6.45, 7) is 6.29. The fourth-order valence-electron chi connectivity index (χ4n) is 4.13. The molecule has 40 heavy (non-hydrogen) atoms. The molecular formula is C26H50N6O8. The highest BCUT2D eigenvalue weighted by atomic mass is 16.5. The van der Waals surface area contributed by atoms with Crippen molar-refractivity contribution in [3.05, 3.63) is 11.4 Å². The molecule has 2 aliphatic rings. The van der Waals surface area contributed by atoms with Crippen LogP contribution in [0, 0.1) is 0 Å². The zero-order valence-electron chi connectivity index (χ0n) is 24.0. The molecule has 0 fully saturated rings. The first-order valence-corrected chi connectivity index (χ1v) is 14.4. The first kappa shape index (κ1) is 34.2. The minimum atomic E-state index is -0.183. The number of nitrogens with two attached hydrogens (primary N) is 1. The van der Waals surface area contributed by atoms with Crippen molar-refractivity contribution in [1.29, 1.82) is 0 Å². The molecule has 6 N–H and O–H groups in total. The maximum atomic E-state index is 12.3. The molecule has 0 bridgehead atoms. The van der Waals surface area contributed by atoms with Crippen molar-refractivity contribution in [3.63, 3.8) is 0 Å². The van der Waals surface area contributed by atoms with Crippen molar-refractivity contribution < 1.29 is 38.0 Å². The Morgan fingerprint density at radius 2 is 1.55 bits per heavy atom. The van der Waals surface area contributed by atoms with Crippen LogP contribution in [0.3, 0.4) is 0 Å². The van der Waals surface area contributed by atoms with Crippen LogP contribution in [-0.4, -0.2) is 122 Å². The molecule has 1 aliphatic heterocycles. The molecule has 2 rings (SSSR count). The quantitative estimate of drug-likeness (QED) is 0.0963. The molecule has 14 heteroatoms. The highest BCUT2D eigenvalue weighted by Gasteiger charge is 2.29. The van der Waals surface area contributed by atoms with E-state index in [1.54, 1.807) is 7.05 Å². The average molecular weight is 575 g/mol. The number of nitrogens with one attached hydrogen (secondary N) is 4. The Morgan fingerprint density at radius 3 is 2.27 bits per heavy atom. The number of hydrogen-bond acceptors (Lipinski definition) is 12. The summed E-state index contributed by atoms with van der Waals surface area (Å²) in [7, 11) is 1.59. The van der Waals surface area contributed by atoms with Gasteiger partial charge in [0.2, 0.25) is 11.8 Å². The van der Waals surface area contributed by atoms with Gasteiger partial charge in [-0.2, -0.15) is 0 Å². The number of allylic oxidation sites excluding steroid dienone is 1. The molecular weight excluding hydrogens is 524 g/mol. The average Bonchev–Trinajstić information content (AvgIpc) is 3.34. The lowest BCUT2D eigenvalue weighted by atomic mass is 9.99. The van der Waals surface area contributed by atoms with Crippen LogP contribution in [-0.2, 0) is 38.0 Å². The van der Waals surface area contributed by atoms with E-state index in [4.69, 9.17) is 34.2 Å². The van der Waals surface area contributed by atoms with Gasteiger partial charge >= 0.3 is 0 Å². The van der Waals surface area contributed by atoms with Gasteiger partial charge in [0, 0.05) is 26.6 Å². The molecule has 0 saturated carbocycles. The van der Waals surface area contributed by atoms with E-state index < -0.39 is 0 Å². The van der Waals surface area contributed by atoms with Crippen molar-refractivity contribution in [2.75, 3.05) is 99.4 Å². The van der Waals surface area contributed by atoms with E-state index in [0.717, 1.165) is 43.5 Å². The SMILES string of the molecule is CNC(=O)CCOCCOCCNC(=O)COC1CCCCCC2=C1NNN2CCOCCOCCOCCN. The van der Waals surface area contributed by atoms with Crippen LogP contribution >= 0.6 is 0 Å². The fourth-order valence-corrected chi connectivity index (χ4v) is 4.13. The molecule has 1 heterocycles. The third kappa shape index (κ3) is 15.1. The number of carbonyl (C=O) groups excluding carboxylic acids is 2. The summed E-state index contributed by atoms with van der Waals surface area (Å²) < 4.78 is 33.3. The highest BCUT2D eigenvalue weighted by molar-refractivity contribution is 5.77. The summed E-state index contributed by atoms with van der Waals surface area (Å²) in [6, 6.07) is 0. The van der Waals surface area contributed by atoms with E-state index in [1.807, 2.05) is 0 Å². The summed E-state index contributed by atoms with van der Waals surface area (Å²) in [4.78, 5) is 23.4. The second-order valence-corrected chi connectivity index (χ2v) is 9.27. The highest BCUT2D eigenvalue weighted by Crippen LogP contribution is 2.28. The van der Waals surface area contributed by atoms with Gasteiger partial charge in [-0.15, -0.1) is 5.53 Å². The van der Waals surface area contributed by atoms with Crippen molar-refractivity contribution in [2.45, 2.75) is 44.6 Å². The number of ether oxygens (including phenoxy) is 6. The summed E-state index contributed by atoms with van der Waals surface area (Å²) in [6.07, 6.45) is 5.19. The zero-order chi connectivity index (χ0) is 28.7. The van der Waals surface area contributed by atoms with E-state index in [0.29, 0.717) is 92.1 Å². The summed E-state index contributed by atoms with van der Waals surface area (Å²) >= 11 is 0. The Labute approximate surface area is 237 Å². The molecule has 0 saturated heterocycles.